The van der Waals surface area contributed by atoms with Gasteiger partial charge in [-0.1, -0.05) is 11.6 Å². The number of aliphatic carboxylic acids is 1. The normalized spacial score (nSPS) is 12.1. The van der Waals surface area contributed by atoms with Crippen molar-refractivity contribution in [3.63, 3.8) is 0 Å². The molecule has 0 bridgehead atoms. The highest BCUT2D eigenvalue weighted by Crippen LogP contribution is 2.41. The SMILES string of the molecule is COc1c(C(N)CCC(=O)O)cc(Cl)c(C)c1OC. The number of methoxy groups -OCH3 is 2. The Labute approximate surface area is 117 Å². The molecule has 3 N–H and O–H groups in total. The topological polar surface area (TPSA) is 81.8 Å². The van der Waals surface area contributed by atoms with Gasteiger partial charge in [0.1, 0.15) is 0 Å². The lowest BCUT2D eigenvalue weighted by atomic mass is 9.99. The molecule has 1 rings (SSSR count). The Bertz CT molecular complexity index is 476. The van der Waals surface area contributed by atoms with Crippen LogP contribution in [0.1, 0.15) is 30.0 Å². The molecule has 5 nitrogen and oxygen atoms in total. The van der Waals surface area contributed by atoms with E-state index in [4.69, 9.17) is 31.9 Å². The van der Waals surface area contributed by atoms with E-state index in [9.17, 15) is 4.79 Å². The van der Waals surface area contributed by atoms with E-state index in [0.29, 0.717) is 28.5 Å². The maximum Gasteiger partial charge on any atom is 0.303 e. The highest BCUT2D eigenvalue weighted by Gasteiger charge is 2.21. The largest absolute Gasteiger partial charge is 0.493 e. The quantitative estimate of drug-likeness (QED) is 0.840. The minimum Gasteiger partial charge on any atom is -0.493 e. The molecule has 0 aliphatic rings. The average molecular weight is 288 g/mol. The number of carboxylic acid groups (broad SMARTS) is 1. The Morgan fingerprint density at radius 2 is 2.00 bits per heavy atom. The summed E-state index contributed by atoms with van der Waals surface area (Å²) in [6.07, 6.45) is 0.284. The molecular weight excluding hydrogens is 270 g/mol. The maximum absolute atomic E-state index is 10.6. The minimum atomic E-state index is -0.889. The molecule has 1 aromatic rings. The van der Waals surface area contributed by atoms with Gasteiger partial charge in [0.2, 0.25) is 0 Å². The molecule has 106 valence electrons. The second-order valence-electron chi connectivity index (χ2n) is 4.18. The summed E-state index contributed by atoms with van der Waals surface area (Å²) in [4.78, 5) is 10.6. The fraction of sp³-hybridized carbons (Fsp3) is 0.462. The first-order chi connectivity index (χ1) is 8.92. The predicted molar refractivity (Wildman–Crippen MR) is 73.1 cm³/mol. The summed E-state index contributed by atoms with van der Waals surface area (Å²) in [6, 6.07) is 1.23. The van der Waals surface area contributed by atoms with Gasteiger partial charge < -0.3 is 20.3 Å². The predicted octanol–water partition coefficient (Wildman–Crippen LogP) is 2.53. The van der Waals surface area contributed by atoms with Gasteiger partial charge in [-0.2, -0.15) is 0 Å². The minimum absolute atomic E-state index is 0.0157. The molecule has 0 aliphatic carbocycles. The van der Waals surface area contributed by atoms with E-state index in [1.165, 1.54) is 14.2 Å². The van der Waals surface area contributed by atoms with E-state index in [2.05, 4.69) is 0 Å². The average Bonchev–Trinajstić information content (AvgIpc) is 2.38. The number of rotatable bonds is 6. The van der Waals surface area contributed by atoms with Crippen LogP contribution in [0, 0.1) is 6.92 Å². The van der Waals surface area contributed by atoms with E-state index in [1.54, 1.807) is 6.07 Å². The molecule has 0 spiro atoms. The summed E-state index contributed by atoms with van der Waals surface area (Å²) in [5, 5.41) is 9.21. The molecule has 0 heterocycles. The summed E-state index contributed by atoms with van der Waals surface area (Å²) < 4.78 is 10.6. The van der Waals surface area contributed by atoms with Crippen LogP contribution in [0.2, 0.25) is 5.02 Å². The van der Waals surface area contributed by atoms with Gasteiger partial charge in [0.05, 0.1) is 14.2 Å². The first-order valence-corrected chi connectivity index (χ1v) is 6.18. The zero-order valence-electron chi connectivity index (χ0n) is 11.2. The van der Waals surface area contributed by atoms with E-state index in [1.807, 2.05) is 6.92 Å². The van der Waals surface area contributed by atoms with Crippen molar-refractivity contribution in [3.8, 4) is 11.5 Å². The molecule has 6 heteroatoms. The van der Waals surface area contributed by atoms with Crippen molar-refractivity contribution < 1.29 is 19.4 Å². The Morgan fingerprint density at radius 1 is 1.42 bits per heavy atom. The van der Waals surface area contributed by atoms with Crippen LogP contribution in [-0.2, 0) is 4.79 Å². The highest BCUT2D eigenvalue weighted by atomic mass is 35.5. The van der Waals surface area contributed by atoms with Crippen LogP contribution in [0.25, 0.3) is 0 Å². The Kier molecular flexibility index (Phi) is 5.44. The van der Waals surface area contributed by atoms with Gasteiger partial charge in [-0.3, -0.25) is 4.79 Å². The third kappa shape index (κ3) is 3.52. The number of nitrogens with two attached hydrogens (primary N) is 1. The van der Waals surface area contributed by atoms with Crippen molar-refractivity contribution in [2.75, 3.05) is 14.2 Å². The van der Waals surface area contributed by atoms with Crippen LogP contribution in [0.3, 0.4) is 0 Å². The molecule has 0 saturated carbocycles. The number of ether oxygens (including phenoxy) is 2. The fourth-order valence-corrected chi connectivity index (χ4v) is 2.09. The van der Waals surface area contributed by atoms with Crippen molar-refractivity contribution in [2.45, 2.75) is 25.8 Å². The van der Waals surface area contributed by atoms with Gasteiger partial charge >= 0.3 is 5.97 Å². The highest BCUT2D eigenvalue weighted by molar-refractivity contribution is 6.31. The zero-order chi connectivity index (χ0) is 14.6. The van der Waals surface area contributed by atoms with Crippen molar-refractivity contribution >= 4 is 17.6 Å². The molecule has 0 amide bonds. The van der Waals surface area contributed by atoms with E-state index >= 15 is 0 Å². The van der Waals surface area contributed by atoms with Gasteiger partial charge in [-0.05, 0) is 19.4 Å². The van der Waals surface area contributed by atoms with Crippen LogP contribution >= 0.6 is 11.6 Å². The van der Waals surface area contributed by atoms with Crippen molar-refractivity contribution in [1.82, 2.24) is 0 Å². The number of carboxylic acids is 1. The summed E-state index contributed by atoms with van der Waals surface area (Å²) in [7, 11) is 3.03. The zero-order valence-corrected chi connectivity index (χ0v) is 12.0. The second kappa shape index (κ2) is 6.63. The van der Waals surface area contributed by atoms with Gasteiger partial charge in [-0.25, -0.2) is 0 Å². The van der Waals surface area contributed by atoms with Crippen LogP contribution < -0.4 is 15.2 Å². The molecule has 0 saturated heterocycles. The lowest BCUT2D eigenvalue weighted by Crippen LogP contribution is -2.14. The van der Waals surface area contributed by atoms with Crippen LogP contribution in [0.4, 0.5) is 0 Å². The lowest BCUT2D eigenvalue weighted by molar-refractivity contribution is -0.137. The number of hydrogen-bond acceptors (Lipinski definition) is 4. The van der Waals surface area contributed by atoms with Gasteiger partial charge in [0, 0.05) is 28.6 Å². The Morgan fingerprint density at radius 3 is 2.47 bits per heavy atom. The summed E-state index contributed by atoms with van der Waals surface area (Å²) in [6.45, 7) is 1.82. The van der Waals surface area contributed by atoms with E-state index < -0.39 is 12.0 Å². The number of hydrogen-bond donors (Lipinski definition) is 2. The summed E-state index contributed by atoms with van der Waals surface area (Å²) in [5.41, 5.74) is 7.41. The molecule has 1 atom stereocenters. The van der Waals surface area contributed by atoms with Gasteiger partial charge in [0.25, 0.3) is 0 Å². The molecule has 19 heavy (non-hydrogen) atoms. The number of carbonyl (C=O) groups is 1. The van der Waals surface area contributed by atoms with Gasteiger partial charge in [-0.15, -0.1) is 0 Å². The molecule has 0 aliphatic heterocycles. The van der Waals surface area contributed by atoms with Crippen LogP contribution in [0.5, 0.6) is 11.5 Å². The maximum atomic E-state index is 10.6. The summed E-state index contributed by atoms with van der Waals surface area (Å²) in [5.74, 6) is 0.137. The Balaban J connectivity index is 3.18. The molecule has 1 aromatic carbocycles. The Hall–Kier alpha value is -1.46. The number of halogens is 1. The molecule has 0 aromatic heterocycles. The van der Waals surface area contributed by atoms with Crippen LogP contribution in [-0.4, -0.2) is 25.3 Å². The van der Waals surface area contributed by atoms with Gasteiger partial charge in [0.15, 0.2) is 11.5 Å². The number of benzene rings is 1. The standard InChI is InChI=1S/C13H18ClNO4/c1-7-9(14)6-8(10(15)4-5-11(16)17)13(19-3)12(7)18-2/h6,10H,4-5,15H2,1-3H3,(H,16,17). The van der Waals surface area contributed by atoms with Crippen molar-refractivity contribution in [3.05, 3.63) is 22.2 Å². The summed E-state index contributed by atoms with van der Waals surface area (Å²) >= 11 is 6.13. The smallest absolute Gasteiger partial charge is 0.303 e. The molecule has 0 fully saturated rings. The monoisotopic (exact) mass is 287 g/mol. The lowest BCUT2D eigenvalue weighted by Gasteiger charge is -2.20. The van der Waals surface area contributed by atoms with E-state index in [-0.39, 0.29) is 6.42 Å². The van der Waals surface area contributed by atoms with Crippen LogP contribution in [0.15, 0.2) is 6.07 Å². The molecule has 0 radical (unpaired) electrons. The second-order valence-corrected chi connectivity index (χ2v) is 4.59. The molecule has 1 unspecified atom stereocenters. The van der Waals surface area contributed by atoms with Crippen molar-refractivity contribution in [2.24, 2.45) is 5.73 Å². The fourth-order valence-electron chi connectivity index (χ4n) is 1.89. The third-order valence-corrected chi connectivity index (χ3v) is 3.32. The van der Waals surface area contributed by atoms with E-state index in [0.717, 1.165) is 5.56 Å². The first kappa shape index (κ1) is 15.6. The van der Waals surface area contributed by atoms with Crippen molar-refractivity contribution in [1.29, 1.82) is 0 Å². The molecular formula is C13H18ClNO4. The first-order valence-electron chi connectivity index (χ1n) is 5.80. The third-order valence-electron chi connectivity index (χ3n) is 2.93.